The molecule has 0 spiro atoms. The second kappa shape index (κ2) is 3.01. The molecule has 56 valence electrons. The minimum absolute atomic E-state index is 0.137. The summed E-state index contributed by atoms with van der Waals surface area (Å²) in [5.74, 6) is 0. The van der Waals surface area contributed by atoms with Crippen LogP contribution in [0, 0.1) is 10.1 Å². The zero-order valence-corrected chi connectivity index (χ0v) is 6.80. The van der Waals surface area contributed by atoms with Crippen LogP contribution in [-0.4, -0.2) is 16.3 Å². The molecule has 1 unspecified atom stereocenters. The normalized spacial score (nSPS) is 28.5. The standard InChI is InChI=1S/C5H7BrN2O2/c6-4-1-2-7-5(4)3-8(9)10/h3-4,7H,1-2H2. The Morgan fingerprint density at radius 1 is 1.90 bits per heavy atom. The molecule has 1 heterocycles. The average Bonchev–Trinajstić information content (AvgIpc) is 2.15. The van der Waals surface area contributed by atoms with Gasteiger partial charge in [-0.1, -0.05) is 15.9 Å². The van der Waals surface area contributed by atoms with E-state index in [-0.39, 0.29) is 4.83 Å². The number of alkyl halides is 1. The van der Waals surface area contributed by atoms with Gasteiger partial charge >= 0.3 is 0 Å². The van der Waals surface area contributed by atoms with Gasteiger partial charge in [-0.2, -0.15) is 0 Å². The fraction of sp³-hybridized carbons (Fsp3) is 0.600. The van der Waals surface area contributed by atoms with Crippen molar-refractivity contribution in [3.8, 4) is 0 Å². The molecule has 1 saturated heterocycles. The van der Waals surface area contributed by atoms with Crippen molar-refractivity contribution < 1.29 is 4.92 Å². The van der Waals surface area contributed by atoms with Crippen LogP contribution in [0.1, 0.15) is 6.42 Å². The van der Waals surface area contributed by atoms with Crippen molar-refractivity contribution in [2.24, 2.45) is 0 Å². The van der Waals surface area contributed by atoms with Crippen LogP contribution in [0.5, 0.6) is 0 Å². The largest absolute Gasteiger partial charge is 0.382 e. The maximum Gasteiger partial charge on any atom is 0.254 e. The van der Waals surface area contributed by atoms with Crippen LogP contribution < -0.4 is 5.32 Å². The Balaban J connectivity index is 2.62. The van der Waals surface area contributed by atoms with Crippen molar-refractivity contribution in [3.63, 3.8) is 0 Å². The van der Waals surface area contributed by atoms with Crippen molar-refractivity contribution >= 4 is 15.9 Å². The van der Waals surface area contributed by atoms with Gasteiger partial charge in [0, 0.05) is 6.54 Å². The molecule has 1 atom stereocenters. The summed E-state index contributed by atoms with van der Waals surface area (Å²) in [5, 5.41) is 12.9. The van der Waals surface area contributed by atoms with Crippen LogP contribution in [0.15, 0.2) is 11.9 Å². The Bertz CT molecular complexity index is 180. The molecule has 5 heteroatoms. The van der Waals surface area contributed by atoms with E-state index >= 15 is 0 Å². The second-order valence-electron chi connectivity index (χ2n) is 2.05. The fourth-order valence-corrected chi connectivity index (χ4v) is 1.36. The molecule has 0 aliphatic carbocycles. The van der Waals surface area contributed by atoms with Crippen molar-refractivity contribution in [2.45, 2.75) is 11.2 Å². The highest BCUT2D eigenvalue weighted by Crippen LogP contribution is 2.18. The minimum Gasteiger partial charge on any atom is -0.382 e. The highest BCUT2D eigenvalue weighted by atomic mass is 79.9. The van der Waals surface area contributed by atoms with Gasteiger partial charge in [0.15, 0.2) is 0 Å². The van der Waals surface area contributed by atoms with E-state index in [1.165, 1.54) is 0 Å². The van der Waals surface area contributed by atoms with E-state index in [1.54, 1.807) is 0 Å². The number of allylic oxidation sites excluding steroid dienone is 1. The molecule has 1 N–H and O–H groups in total. The molecule has 0 bridgehead atoms. The van der Waals surface area contributed by atoms with E-state index in [2.05, 4.69) is 21.2 Å². The lowest BCUT2D eigenvalue weighted by atomic mass is 10.3. The van der Waals surface area contributed by atoms with Crippen LogP contribution in [0.2, 0.25) is 0 Å². The number of rotatable bonds is 1. The molecule has 0 saturated carbocycles. The molecule has 4 nitrogen and oxygen atoms in total. The predicted octanol–water partition coefficient (Wildman–Crippen LogP) is 0.861. The summed E-state index contributed by atoms with van der Waals surface area (Å²) in [6.07, 6.45) is 1.92. The third-order valence-corrected chi connectivity index (χ3v) is 2.26. The maximum atomic E-state index is 9.97. The first-order valence-corrected chi connectivity index (χ1v) is 3.85. The van der Waals surface area contributed by atoms with E-state index in [0.29, 0.717) is 5.70 Å². The van der Waals surface area contributed by atoms with Gasteiger partial charge in [0.25, 0.3) is 6.20 Å². The Morgan fingerprint density at radius 2 is 2.60 bits per heavy atom. The Kier molecular flexibility index (Phi) is 2.26. The van der Waals surface area contributed by atoms with Crippen molar-refractivity contribution in [1.82, 2.24) is 5.32 Å². The van der Waals surface area contributed by atoms with E-state index in [9.17, 15) is 10.1 Å². The first-order valence-electron chi connectivity index (χ1n) is 2.93. The number of halogens is 1. The van der Waals surface area contributed by atoms with Crippen molar-refractivity contribution in [3.05, 3.63) is 22.0 Å². The summed E-state index contributed by atoms with van der Waals surface area (Å²) >= 11 is 3.30. The topological polar surface area (TPSA) is 55.2 Å². The van der Waals surface area contributed by atoms with Gasteiger partial charge in [-0.05, 0) is 6.42 Å². The van der Waals surface area contributed by atoms with E-state index in [1.807, 2.05) is 0 Å². The third-order valence-electron chi connectivity index (χ3n) is 1.31. The number of hydrogen-bond acceptors (Lipinski definition) is 3. The molecule has 1 aliphatic rings. The lowest BCUT2D eigenvalue weighted by molar-refractivity contribution is -0.403. The molecule has 0 aromatic carbocycles. The number of hydrogen-bond donors (Lipinski definition) is 1. The Labute approximate surface area is 66.6 Å². The van der Waals surface area contributed by atoms with Crippen LogP contribution in [0.3, 0.4) is 0 Å². The lowest BCUT2D eigenvalue weighted by Crippen LogP contribution is -2.08. The molecule has 0 aromatic heterocycles. The van der Waals surface area contributed by atoms with E-state index in [4.69, 9.17) is 0 Å². The first kappa shape index (κ1) is 7.53. The van der Waals surface area contributed by atoms with Crippen LogP contribution in [-0.2, 0) is 0 Å². The van der Waals surface area contributed by atoms with Gasteiger partial charge in [0.2, 0.25) is 0 Å². The number of nitrogens with one attached hydrogen (secondary N) is 1. The van der Waals surface area contributed by atoms with Crippen LogP contribution in [0.25, 0.3) is 0 Å². The summed E-state index contributed by atoms with van der Waals surface area (Å²) in [6, 6.07) is 0. The molecule has 1 rings (SSSR count). The van der Waals surface area contributed by atoms with Gasteiger partial charge < -0.3 is 5.32 Å². The van der Waals surface area contributed by atoms with Crippen LogP contribution >= 0.6 is 15.9 Å². The highest BCUT2D eigenvalue weighted by Gasteiger charge is 2.19. The predicted molar refractivity (Wildman–Crippen MR) is 40.4 cm³/mol. The zero-order chi connectivity index (χ0) is 7.56. The molecule has 1 aliphatic heterocycles. The first-order chi connectivity index (χ1) is 4.70. The van der Waals surface area contributed by atoms with Crippen molar-refractivity contribution in [1.29, 1.82) is 0 Å². The molecule has 0 aromatic rings. The fourth-order valence-electron chi connectivity index (χ4n) is 0.850. The maximum absolute atomic E-state index is 9.97. The average molecular weight is 207 g/mol. The van der Waals surface area contributed by atoms with Gasteiger partial charge in [0.1, 0.15) is 0 Å². The molecule has 0 radical (unpaired) electrons. The van der Waals surface area contributed by atoms with E-state index in [0.717, 1.165) is 19.2 Å². The highest BCUT2D eigenvalue weighted by molar-refractivity contribution is 9.09. The van der Waals surface area contributed by atoms with Crippen LogP contribution in [0.4, 0.5) is 0 Å². The van der Waals surface area contributed by atoms with Crippen molar-refractivity contribution in [2.75, 3.05) is 6.54 Å². The molecule has 0 amide bonds. The summed E-state index contributed by atoms with van der Waals surface area (Å²) in [4.78, 5) is 9.66. The lowest BCUT2D eigenvalue weighted by Gasteiger charge is -1.96. The van der Waals surface area contributed by atoms with E-state index < -0.39 is 4.92 Å². The molecule has 1 fully saturated rings. The quantitative estimate of drug-likeness (QED) is 0.394. The SMILES string of the molecule is O=[N+]([O-])C=C1NCCC1Br. The smallest absolute Gasteiger partial charge is 0.254 e. The second-order valence-corrected chi connectivity index (χ2v) is 3.16. The number of nitrogens with zero attached hydrogens (tertiary/aromatic N) is 1. The molecular formula is C5H7BrN2O2. The Hall–Kier alpha value is -0.580. The third kappa shape index (κ3) is 1.70. The summed E-state index contributed by atoms with van der Waals surface area (Å²) < 4.78 is 0. The minimum atomic E-state index is -0.443. The zero-order valence-electron chi connectivity index (χ0n) is 5.21. The van der Waals surface area contributed by atoms with Gasteiger partial charge in [-0.25, -0.2) is 0 Å². The molecular weight excluding hydrogens is 200 g/mol. The summed E-state index contributed by atoms with van der Waals surface area (Å²) in [7, 11) is 0. The summed E-state index contributed by atoms with van der Waals surface area (Å²) in [6.45, 7) is 0.815. The monoisotopic (exact) mass is 206 g/mol. The van der Waals surface area contributed by atoms with Gasteiger partial charge in [-0.3, -0.25) is 10.1 Å². The summed E-state index contributed by atoms with van der Waals surface area (Å²) in [5.41, 5.74) is 0.671. The Morgan fingerprint density at radius 3 is 3.00 bits per heavy atom. The molecule has 10 heavy (non-hydrogen) atoms. The van der Waals surface area contributed by atoms with Gasteiger partial charge in [0.05, 0.1) is 15.4 Å². The van der Waals surface area contributed by atoms with Gasteiger partial charge in [-0.15, -0.1) is 0 Å². The number of nitro groups is 1.